The average molecular weight is 260 g/mol. The van der Waals surface area contributed by atoms with E-state index in [-0.39, 0.29) is 22.2 Å². The third-order valence-electron chi connectivity index (χ3n) is 1.88. The molecule has 3 N–H and O–H groups in total. The molecule has 2 heterocycles. The van der Waals surface area contributed by atoms with Gasteiger partial charge < -0.3 is 10.7 Å². The predicted molar refractivity (Wildman–Crippen MR) is 64.9 cm³/mol. The molecule has 0 aromatic carbocycles. The SMILES string of the molecule is Cc1cc(C#N)nc(Sc2nc(N)cc(=O)[nH]2)n1. The van der Waals surface area contributed by atoms with Gasteiger partial charge in [-0.25, -0.2) is 15.0 Å². The van der Waals surface area contributed by atoms with Crippen LogP contribution in [0.4, 0.5) is 5.82 Å². The third kappa shape index (κ3) is 2.83. The second kappa shape index (κ2) is 4.85. The first kappa shape index (κ1) is 12.1. The first-order chi connectivity index (χ1) is 8.56. The molecule has 2 aromatic heterocycles. The maximum absolute atomic E-state index is 11.2. The highest BCUT2D eigenvalue weighted by Crippen LogP contribution is 2.20. The molecule has 18 heavy (non-hydrogen) atoms. The van der Waals surface area contributed by atoms with Crippen LogP contribution < -0.4 is 11.3 Å². The molecule has 90 valence electrons. The number of nitrogens with two attached hydrogens (primary N) is 1. The Morgan fingerprint density at radius 2 is 2.17 bits per heavy atom. The van der Waals surface area contributed by atoms with E-state index in [0.29, 0.717) is 10.9 Å². The van der Waals surface area contributed by atoms with Crippen molar-refractivity contribution in [2.45, 2.75) is 17.2 Å². The number of anilines is 1. The van der Waals surface area contributed by atoms with E-state index in [1.807, 2.05) is 6.07 Å². The molecule has 0 bridgehead atoms. The van der Waals surface area contributed by atoms with Crippen LogP contribution in [0.25, 0.3) is 0 Å². The van der Waals surface area contributed by atoms with E-state index in [1.165, 1.54) is 6.07 Å². The summed E-state index contributed by atoms with van der Waals surface area (Å²) < 4.78 is 0. The number of nitrogens with one attached hydrogen (secondary N) is 1. The van der Waals surface area contributed by atoms with Gasteiger partial charge in [0.2, 0.25) is 0 Å². The summed E-state index contributed by atoms with van der Waals surface area (Å²) in [5, 5.41) is 9.42. The summed E-state index contributed by atoms with van der Waals surface area (Å²) in [6.45, 7) is 1.75. The molecular formula is C10H8N6OS. The Balaban J connectivity index is 2.37. The molecule has 0 saturated carbocycles. The minimum atomic E-state index is -0.349. The number of aromatic nitrogens is 4. The van der Waals surface area contributed by atoms with Crippen molar-refractivity contribution in [3.8, 4) is 6.07 Å². The smallest absolute Gasteiger partial charge is 0.253 e. The lowest BCUT2D eigenvalue weighted by atomic mass is 10.4. The second-order valence-corrected chi connectivity index (χ2v) is 4.32. The van der Waals surface area contributed by atoms with E-state index >= 15 is 0 Å². The van der Waals surface area contributed by atoms with Crippen LogP contribution in [-0.4, -0.2) is 19.9 Å². The second-order valence-electron chi connectivity index (χ2n) is 3.37. The molecule has 0 fully saturated rings. The van der Waals surface area contributed by atoms with Crippen LogP contribution in [0.2, 0.25) is 0 Å². The van der Waals surface area contributed by atoms with E-state index < -0.39 is 0 Å². The Morgan fingerprint density at radius 3 is 2.83 bits per heavy atom. The van der Waals surface area contributed by atoms with Crippen molar-refractivity contribution in [1.82, 2.24) is 19.9 Å². The molecular weight excluding hydrogens is 252 g/mol. The predicted octanol–water partition coefficient (Wildman–Crippen LogP) is 0.473. The van der Waals surface area contributed by atoms with Gasteiger partial charge in [-0.05, 0) is 24.8 Å². The standard InChI is InChI=1S/C10H8N6OS/c1-5-2-6(4-11)14-9(13-5)18-10-15-7(12)3-8(17)16-10/h2-3H,1H3,(H3,12,15,16,17). The van der Waals surface area contributed by atoms with Crippen molar-refractivity contribution in [2.75, 3.05) is 5.73 Å². The maximum Gasteiger partial charge on any atom is 0.253 e. The van der Waals surface area contributed by atoms with Crippen LogP contribution in [-0.2, 0) is 0 Å². The van der Waals surface area contributed by atoms with E-state index in [9.17, 15) is 4.79 Å². The minimum absolute atomic E-state index is 0.120. The molecule has 0 aliphatic rings. The van der Waals surface area contributed by atoms with Gasteiger partial charge in [-0.1, -0.05) is 0 Å². The van der Waals surface area contributed by atoms with E-state index in [0.717, 1.165) is 11.8 Å². The first-order valence-corrected chi connectivity index (χ1v) is 5.69. The van der Waals surface area contributed by atoms with Gasteiger partial charge in [-0.2, -0.15) is 5.26 Å². The van der Waals surface area contributed by atoms with Gasteiger partial charge in [0, 0.05) is 11.8 Å². The average Bonchev–Trinajstić information content (AvgIpc) is 2.26. The van der Waals surface area contributed by atoms with Crippen molar-refractivity contribution >= 4 is 17.6 Å². The van der Waals surface area contributed by atoms with Crippen LogP contribution in [0.1, 0.15) is 11.4 Å². The summed E-state index contributed by atoms with van der Waals surface area (Å²) in [7, 11) is 0. The zero-order valence-electron chi connectivity index (χ0n) is 9.34. The van der Waals surface area contributed by atoms with Crippen LogP contribution in [0.15, 0.2) is 27.2 Å². The molecule has 0 aliphatic heterocycles. The lowest BCUT2D eigenvalue weighted by molar-refractivity contribution is 0.894. The van der Waals surface area contributed by atoms with Gasteiger partial charge in [0.05, 0.1) is 0 Å². The van der Waals surface area contributed by atoms with Gasteiger partial charge in [-0.3, -0.25) is 4.79 Å². The zero-order valence-corrected chi connectivity index (χ0v) is 10.2. The van der Waals surface area contributed by atoms with E-state index in [2.05, 4.69) is 19.9 Å². The molecule has 0 atom stereocenters. The fraction of sp³-hybridized carbons (Fsp3) is 0.100. The highest BCUT2D eigenvalue weighted by molar-refractivity contribution is 7.99. The van der Waals surface area contributed by atoms with Crippen LogP contribution >= 0.6 is 11.8 Å². The fourth-order valence-corrected chi connectivity index (χ4v) is 2.04. The van der Waals surface area contributed by atoms with Crippen LogP contribution in [0, 0.1) is 18.3 Å². The van der Waals surface area contributed by atoms with Crippen molar-refractivity contribution in [3.63, 3.8) is 0 Å². The molecule has 0 spiro atoms. The van der Waals surface area contributed by atoms with Gasteiger partial charge in [0.1, 0.15) is 17.6 Å². The molecule has 0 saturated heterocycles. The summed E-state index contributed by atoms with van der Waals surface area (Å²) in [6.07, 6.45) is 0. The number of aryl methyl sites for hydroxylation is 1. The topological polar surface area (TPSA) is 121 Å². The fourth-order valence-electron chi connectivity index (χ4n) is 1.23. The number of nitrogens with zero attached hydrogens (tertiary/aromatic N) is 4. The number of nitrogen functional groups attached to an aromatic ring is 1. The minimum Gasteiger partial charge on any atom is -0.383 e. The number of hydrogen-bond donors (Lipinski definition) is 2. The quantitative estimate of drug-likeness (QED) is 0.753. The number of rotatable bonds is 2. The normalized spacial score (nSPS) is 10.0. The van der Waals surface area contributed by atoms with Gasteiger partial charge >= 0.3 is 0 Å². The molecule has 0 amide bonds. The van der Waals surface area contributed by atoms with Crippen molar-refractivity contribution < 1.29 is 0 Å². The maximum atomic E-state index is 11.2. The number of hydrogen-bond acceptors (Lipinski definition) is 7. The van der Waals surface area contributed by atoms with E-state index in [4.69, 9.17) is 11.0 Å². The molecule has 0 radical (unpaired) electrons. The summed E-state index contributed by atoms with van der Waals surface area (Å²) >= 11 is 1.04. The van der Waals surface area contributed by atoms with Gasteiger partial charge in [-0.15, -0.1) is 0 Å². The highest BCUT2D eigenvalue weighted by Gasteiger charge is 2.07. The summed E-state index contributed by atoms with van der Waals surface area (Å²) in [6, 6.07) is 4.69. The zero-order chi connectivity index (χ0) is 13.1. The Morgan fingerprint density at radius 1 is 1.39 bits per heavy atom. The Kier molecular flexibility index (Phi) is 3.25. The highest BCUT2D eigenvalue weighted by atomic mass is 32.2. The Labute approximate surface area is 106 Å². The van der Waals surface area contributed by atoms with Gasteiger partial charge in [0.25, 0.3) is 5.56 Å². The first-order valence-electron chi connectivity index (χ1n) is 4.87. The Hall–Kier alpha value is -2.40. The van der Waals surface area contributed by atoms with Crippen molar-refractivity contribution in [2.24, 2.45) is 0 Å². The number of aromatic amines is 1. The summed E-state index contributed by atoms with van der Waals surface area (Å²) in [4.78, 5) is 25.8. The molecule has 0 unspecified atom stereocenters. The molecule has 8 heteroatoms. The summed E-state index contributed by atoms with van der Waals surface area (Å²) in [5.74, 6) is 0.120. The lowest BCUT2D eigenvalue weighted by Gasteiger charge is -2.01. The third-order valence-corrected chi connectivity index (χ3v) is 2.63. The summed E-state index contributed by atoms with van der Waals surface area (Å²) in [5.41, 5.74) is 6.04. The van der Waals surface area contributed by atoms with Crippen LogP contribution in [0.3, 0.4) is 0 Å². The Bertz CT molecular complexity index is 689. The van der Waals surface area contributed by atoms with Crippen molar-refractivity contribution in [3.05, 3.63) is 33.9 Å². The van der Waals surface area contributed by atoms with Gasteiger partial charge in [0.15, 0.2) is 10.3 Å². The lowest BCUT2D eigenvalue weighted by Crippen LogP contribution is -2.09. The largest absolute Gasteiger partial charge is 0.383 e. The van der Waals surface area contributed by atoms with Crippen molar-refractivity contribution in [1.29, 1.82) is 5.26 Å². The number of H-pyrrole nitrogens is 1. The molecule has 2 rings (SSSR count). The monoisotopic (exact) mass is 260 g/mol. The number of nitriles is 1. The van der Waals surface area contributed by atoms with E-state index in [1.54, 1.807) is 13.0 Å². The van der Waals surface area contributed by atoms with Crippen LogP contribution in [0.5, 0.6) is 0 Å². The molecule has 2 aromatic rings. The molecule has 0 aliphatic carbocycles. The molecule has 7 nitrogen and oxygen atoms in total.